The Kier molecular flexibility index (Phi) is 5.16. The Morgan fingerprint density at radius 3 is 2.22 bits per heavy atom. The molecule has 0 aliphatic heterocycles. The van der Waals surface area contributed by atoms with Crippen LogP contribution in [0.5, 0.6) is 0 Å². The highest BCUT2D eigenvalue weighted by atomic mass is 19.1. The zero-order valence-corrected chi connectivity index (χ0v) is 15.4. The first-order valence-electron chi connectivity index (χ1n) is 8.63. The molecule has 1 aromatic heterocycles. The lowest BCUT2D eigenvalue weighted by molar-refractivity contribution is 0.101. The number of amides is 1. The first-order valence-corrected chi connectivity index (χ1v) is 8.63. The molecule has 0 unspecified atom stereocenters. The van der Waals surface area contributed by atoms with E-state index in [-0.39, 0.29) is 23.4 Å². The van der Waals surface area contributed by atoms with Crippen LogP contribution in [-0.4, -0.2) is 21.5 Å². The Labute approximate surface area is 156 Å². The molecule has 138 valence electrons. The van der Waals surface area contributed by atoms with Crippen molar-refractivity contribution in [1.29, 1.82) is 0 Å². The summed E-state index contributed by atoms with van der Waals surface area (Å²) in [6.07, 6.45) is 1.51. The second-order valence-corrected chi connectivity index (χ2v) is 6.57. The number of aromatic nitrogens is 2. The number of halogens is 1. The normalized spacial score (nSPS) is 10.9. The van der Waals surface area contributed by atoms with E-state index in [2.05, 4.69) is 10.4 Å². The third-order valence-electron chi connectivity index (χ3n) is 4.22. The Morgan fingerprint density at radius 2 is 1.67 bits per heavy atom. The van der Waals surface area contributed by atoms with Gasteiger partial charge in [0.1, 0.15) is 5.82 Å². The third-order valence-corrected chi connectivity index (χ3v) is 4.22. The zero-order chi connectivity index (χ0) is 19.6. The van der Waals surface area contributed by atoms with Gasteiger partial charge in [-0.2, -0.15) is 5.10 Å². The Morgan fingerprint density at radius 1 is 1.04 bits per heavy atom. The highest BCUT2D eigenvalue weighted by Gasteiger charge is 2.21. The average molecular weight is 365 g/mol. The number of hydrogen-bond acceptors (Lipinski definition) is 3. The summed E-state index contributed by atoms with van der Waals surface area (Å²) in [4.78, 5) is 24.1. The Hall–Kier alpha value is -3.28. The first-order chi connectivity index (χ1) is 12.9. The monoisotopic (exact) mass is 365 g/mol. The van der Waals surface area contributed by atoms with Crippen molar-refractivity contribution in [3.8, 4) is 5.69 Å². The fourth-order valence-electron chi connectivity index (χ4n) is 2.86. The highest BCUT2D eigenvalue weighted by molar-refractivity contribution is 6.05. The van der Waals surface area contributed by atoms with Crippen LogP contribution >= 0.6 is 0 Å². The maximum Gasteiger partial charge on any atom is 0.259 e. The largest absolute Gasteiger partial charge is 0.322 e. The number of carbonyl (C=O) groups is 2. The number of benzene rings is 2. The van der Waals surface area contributed by atoms with E-state index in [4.69, 9.17) is 0 Å². The quantitative estimate of drug-likeness (QED) is 0.673. The predicted octanol–water partition coefficient (Wildman–Crippen LogP) is 4.59. The first kappa shape index (κ1) is 18.5. The van der Waals surface area contributed by atoms with Gasteiger partial charge in [-0.3, -0.25) is 9.59 Å². The summed E-state index contributed by atoms with van der Waals surface area (Å²) >= 11 is 0. The molecule has 1 N–H and O–H groups in total. The predicted molar refractivity (Wildman–Crippen MR) is 102 cm³/mol. The van der Waals surface area contributed by atoms with Crippen LogP contribution in [0.4, 0.5) is 10.1 Å². The molecular formula is C21H20FN3O2. The molecule has 0 bridgehead atoms. The van der Waals surface area contributed by atoms with Crippen LogP contribution in [0, 0.1) is 5.82 Å². The molecule has 0 aliphatic rings. The van der Waals surface area contributed by atoms with Gasteiger partial charge in [0, 0.05) is 11.3 Å². The molecule has 1 heterocycles. The summed E-state index contributed by atoms with van der Waals surface area (Å²) in [7, 11) is 0. The van der Waals surface area contributed by atoms with E-state index in [0.29, 0.717) is 22.5 Å². The molecule has 3 rings (SSSR count). The van der Waals surface area contributed by atoms with Crippen LogP contribution in [-0.2, 0) is 0 Å². The Bertz CT molecular complexity index is 974. The molecule has 1 amide bonds. The molecule has 2 aromatic carbocycles. The maximum absolute atomic E-state index is 13.2. The van der Waals surface area contributed by atoms with Gasteiger partial charge in [-0.05, 0) is 61.4 Å². The number of ketones is 1. The molecule has 3 aromatic rings. The van der Waals surface area contributed by atoms with Gasteiger partial charge < -0.3 is 5.32 Å². The molecule has 6 heteroatoms. The number of Topliss-reactive ketones (excluding diaryl/α,β-unsaturated/α-hetero) is 1. The van der Waals surface area contributed by atoms with Gasteiger partial charge in [0.15, 0.2) is 5.78 Å². The zero-order valence-electron chi connectivity index (χ0n) is 15.4. The maximum atomic E-state index is 13.2. The summed E-state index contributed by atoms with van der Waals surface area (Å²) < 4.78 is 14.9. The number of nitrogens with zero attached hydrogens (tertiary/aromatic N) is 2. The second kappa shape index (κ2) is 7.53. The van der Waals surface area contributed by atoms with Gasteiger partial charge in [-0.25, -0.2) is 9.07 Å². The third kappa shape index (κ3) is 3.95. The van der Waals surface area contributed by atoms with Crippen molar-refractivity contribution in [1.82, 2.24) is 9.78 Å². The molecule has 0 aliphatic carbocycles. The van der Waals surface area contributed by atoms with E-state index in [0.717, 1.165) is 5.69 Å². The van der Waals surface area contributed by atoms with E-state index in [1.165, 1.54) is 25.3 Å². The lowest BCUT2D eigenvalue weighted by Gasteiger charge is -2.13. The van der Waals surface area contributed by atoms with Crippen molar-refractivity contribution in [2.45, 2.75) is 26.7 Å². The van der Waals surface area contributed by atoms with Crippen LogP contribution in [0.2, 0.25) is 0 Å². The molecule has 0 spiro atoms. The smallest absolute Gasteiger partial charge is 0.259 e. The van der Waals surface area contributed by atoms with Crippen LogP contribution in [0.25, 0.3) is 5.69 Å². The van der Waals surface area contributed by atoms with Gasteiger partial charge in [-0.15, -0.1) is 0 Å². The number of carbonyl (C=O) groups excluding carboxylic acids is 2. The van der Waals surface area contributed by atoms with Crippen molar-refractivity contribution in [3.05, 3.63) is 77.4 Å². The molecular weight excluding hydrogens is 345 g/mol. The standard InChI is InChI=1S/C21H20FN3O2/c1-13(2)20-19(12-23-25(20)18-10-6-16(22)7-11-18)21(27)24-17-8-4-15(5-9-17)14(3)26/h4-13H,1-3H3,(H,24,27). The number of hydrogen-bond donors (Lipinski definition) is 1. The van der Waals surface area contributed by atoms with E-state index in [9.17, 15) is 14.0 Å². The van der Waals surface area contributed by atoms with Crippen molar-refractivity contribution in [2.24, 2.45) is 0 Å². The summed E-state index contributed by atoms with van der Waals surface area (Å²) in [5.74, 6) is -0.624. The Balaban J connectivity index is 1.90. The SMILES string of the molecule is CC(=O)c1ccc(NC(=O)c2cnn(-c3ccc(F)cc3)c2C(C)C)cc1. The van der Waals surface area contributed by atoms with E-state index >= 15 is 0 Å². The summed E-state index contributed by atoms with van der Waals surface area (Å²) in [5, 5.41) is 7.16. The number of rotatable bonds is 5. The molecule has 0 saturated heterocycles. The molecule has 0 atom stereocenters. The van der Waals surface area contributed by atoms with E-state index < -0.39 is 0 Å². The van der Waals surface area contributed by atoms with Crippen molar-refractivity contribution in [2.75, 3.05) is 5.32 Å². The fourth-order valence-corrected chi connectivity index (χ4v) is 2.86. The number of nitrogens with one attached hydrogen (secondary N) is 1. The van der Waals surface area contributed by atoms with E-state index in [1.54, 1.807) is 41.1 Å². The van der Waals surface area contributed by atoms with Gasteiger partial charge >= 0.3 is 0 Å². The summed E-state index contributed by atoms with van der Waals surface area (Å²) in [5.41, 5.74) is 3.05. The van der Waals surface area contributed by atoms with Crippen LogP contribution in [0.15, 0.2) is 54.7 Å². The van der Waals surface area contributed by atoms with Gasteiger partial charge in [-0.1, -0.05) is 13.8 Å². The summed E-state index contributed by atoms with van der Waals surface area (Å²) in [6, 6.07) is 12.7. The van der Waals surface area contributed by atoms with E-state index in [1.807, 2.05) is 13.8 Å². The number of anilines is 1. The van der Waals surface area contributed by atoms with Crippen molar-refractivity contribution in [3.63, 3.8) is 0 Å². The lowest BCUT2D eigenvalue weighted by Crippen LogP contribution is -2.15. The minimum Gasteiger partial charge on any atom is -0.322 e. The molecule has 27 heavy (non-hydrogen) atoms. The van der Waals surface area contributed by atoms with Gasteiger partial charge in [0.25, 0.3) is 5.91 Å². The molecule has 0 radical (unpaired) electrons. The summed E-state index contributed by atoms with van der Waals surface area (Å²) in [6.45, 7) is 5.43. The minimum absolute atomic E-state index is 0.0263. The van der Waals surface area contributed by atoms with Crippen LogP contribution < -0.4 is 5.32 Å². The molecule has 5 nitrogen and oxygen atoms in total. The van der Waals surface area contributed by atoms with Crippen molar-refractivity contribution >= 4 is 17.4 Å². The highest BCUT2D eigenvalue weighted by Crippen LogP contribution is 2.24. The van der Waals surface area contributed by atoms with Gasteiger partial charge in [0.2, 0.25) is 0 Å². The minimum atomic E-state index is -0.330. The van der Waals surface area contributed by atoms with Crippen LogP contribution in [0.3, 0.4) is 0 Å². The lowest BCUT2D eigenvalue weighted by atomic mass is 10.0. The second-order valence-electron chi connectivity index (χ2n) is 6.57. The average Bonchev–Trinajstić information content (AvgIpc) is 3.08. The van der Waals surface area contributed by atoms with Gasteiger partial charge in [0.05, 0.1) is 23.1 Å². The topological polar surface area (TPSA) is 64.0 Å². The van der Waals surface area contributed by atoms with Crippen LogP contribution in [0.1, 0.15) is 53.1 Å². The molecule has 0 saturated carbocycles. The molecule has 0 fully saturated rings. The fraction of sp³-hybridized carbons (Fsp3) is 0.190. The van der Waals surface area contributed by atoms with Crippen molar-refractivity contribution < 1.29 is 14.0 Å².